The maximum Gasteiger partial charge on any atom is 0.164 e. The number of sulfone groups is 1. The van der Waals surface area contributed by atoms with Crippen LogP contribution in [-0.2, 0) is 15.3 Å². The van der Waals surface area contributed by atoms with Gasteiger partial charge in [0.1, 0.15) is 9.84 Å². The van der Waals surface area contributed by atoms with E-state index < -0.39 is 9.84 Å². The Labute approximate surface area is 109 Å². The average molecular weight is 268 g/mol. The van der Waals surface area contributed by atoms with Gasteiger partial charge in [0.2, 0.25) is 0 Å². The van der Waals surface area contributed by atoms with Crippen molar-refractivity contribution in [2.45, 2.75) is 32.6 Å². The molecule has 0 aromatic heterocycles. The molecule has 1 aromatic carbocycles. The summed E-state index contributed by atoms with van der Waals surface area (Å²) in [6, 6.07) is 7.40. The highest BCUT2D eigenvalue weighted by molar-refractivity contribution is 7.90. The van der Waals surface area contributed by atoms with Crippen molar-refractivity contribution in [3.63, 3.8) is 0 Å². The topological polar surface area (TPSA) is 51.2 Å². The van der Waals surface area contributed by atoms with E-state index in [2.05, 4.69) is 0 Å². The largest absolute Gasteiger partial charge is 0.294 e. The highest BCUT2D eigenvalue weighted by atomic mass is 32.2. The van der Waals surface area contributed by atoms with Crippen LogP contribution in [0.3, 0.4) is 0 Å². The summed E-state index contributed by atoms with van der Waals surface area (Å²) >= 11 is 0. The van der Waals surface area contributed by atoms with Crippen molar-refractivity contribution in [3.8, 4) is 0 Å². The van der Waals surface area contributed by atoms with Crippen LogP contribution in [0.15, 0.2) is 24.3 Å². The predicted octanol–water partition coefficient (Wildman–Crippen LogP) is 2.60. The molecular weight excluding hydrogens is 248 g/mol. The summed E-state index contributed by atoms with van der Waals surface area (Å²) in [6.07, 6.45) is 1.20. The van der Waals surface area contributed by atoms with Crippen LogP contribution in [0, 0.1) is 0 Å². The highest BCUT2D eigenvalue weighted by Crippen LogP contribution is 2.26. The lowest BCUT2D eigenvalue weighted by Gasteiger charge is -2.22. The van der Waals surface area contributed by atoms with Gasteiger partial charge in [0.05, 0.1) is 5.75 Å². The molecule has 0 unspecified atom stereocenters. The van der Waals surface area contributed by atoms with Crippen LogP contribution in [0.1, 0.15) is 43.1 Å². The average Bonchev–Trinajstić information content (AvgIpc) is 2.24. The van der Waals surface area contributed by atoms with Crippen LogP contribution in [0.25, 0.3) is 0 Å². The van der Waals surface area contributed by atoms with E-state index in [4.69, 9.17) is 0 Å². The zero-order valence-corrected chi connectivity index (χ0v) is 12.2. The number of carbonyl (C=O) groups is 1. The monoisotopic (exact) mass is 268 g/mol. The Morgan fingerprint density at radius 2 is 1.72 bits per heavy atom. The minimum absolute atomic E-state index is 0.0475. The van der Waals surface area contributed by atoms with E-state index in [1.54, 1.807) is 6.07 Å². The number of ketones is 1. The fourth-order valence-corrected chi connectivity index (χ4v) is 2.35. The smallest absolute Gasteiger partial charge is 0.164 e. The summed E-state index contributed by atoms with van der Waals surface area (Å²) in [7, 11) is -3.10. The molecule has 3 nitrogen and oxygen atoms in total. The summed E-state index contributed by atoms with van der Waals surface area (Å²) in [5.74, 6) is -0.199. The summed E-state index contributed by atoms with van der Waals surface area (Å²) < 4.78 is 22.2. The molecule has 0 saturated heterocycles. The molecule has 1 rings (SSSR count). The minimum atomic E-state index is -3.10. The van der Waals surface area contributed by atoms with Crippen molar-refractivity contribution in [2.24, 2.45) is 0 Å². The molecule has 0 spiro atoms. The first-order valence-electron chi connectivity index (χ1n) is 5.92. The van der Waals surface area contributed by atoms with Gasteiger partial charge in [0.25, 0.3) is 0 Å². The second kappa shape index (κ2) is 5.22. The van der Waals surface area contributed by atoms with Crippen molar-refractivity contribution in [1.29, 1.82) is 0 Å². The third kappa shape index (κ3) is 4.26. The van der Waals surface area contributed by atoms with E-state index in [9.17, 15) is 13.2 Å². The first-order chi connectivity index (χ1) is 8.11. The molecule has 0 aliphatic heterocycles. The van der Waals surface area contributed by atoms with Crippen molar-refractivity contribution < 1.29 is 13.2 Å². The van der Waals surface area contributed by atoms with Crippen LogP contribution >= 0.6 is 0 Å². The van der Waals surface area contributed by atoms with Gasteiger partial charge in [-0.15, -0.1) is 0 Å². The fourth-order valence-electron chi connectivity index (χ4n) is 1.79. The molecule has 0 heterocycles. The number of carbonyl (C=O) groups excluding carboxylic acids is 1. The van der Waals surface area contributed by atoms with Crippen molar-refractivity contribution in [1.82, 2.24) is 0 Å². The molecule has 100 valence electrons. The number of rotatable bonds is 4. The molecule has 4 heteroatoms. The van der Waals surface area contributed by atoms with E-state index >= 15 is 0 Å². The third-order valence-electron chi connectivity index (χ3n) is 2.74. The Hall–Kier alpha value is -1.16. The van der Waals surface area contributed by atoms with Gasteiger partial charge in [-0.1, -0.05) is 45.0 Å². The van der Waals surface area contributed by atoms with Crippen LogP contribution in [-0.4, -0.2) is 26.2 Å². The first-order valence-corrected chi connectivity index (χ1v) is 7.98. The Morgan fingerprint density at radius 1 is 1.17 bits per heavy atom. The lowest BCUT2D eigenvalue weighted by molar-refractivity contribution is 0.0986. The molecule has 0 bridgehead atoms. The molecule has 0 aliphatic carbocycles. The molecular formula is C14H20O3S. The highest BCUT2D eigenvalue weighted by Gasteiger charge is 2.21. The summed E-state index contributed by atoms with van der Waals surface area (Å²) in [5.41, 5.74) is 1.47. The molecule has 0 aliphatic rings. The van der Waals surface area contributed by atoms with Gasteiger partial charge in [0.15, 0.2) is 5.78 Å². The van der Waals surface area contributed by atoms with Crippen LogP contribution in [0.5, 0.6) is 0 Å². The Balaban J connectivity index is 3.00. The number of hydrogen-bond acceptors (Lipinski definition) is 3. The van der Waals surface area contributed by atoms with Gasteiger partial charge in [-0.25, -0.2) is 8.42 Å². The molecule has 0 saturated carbocycles. The van der Waals surface area contributed by atoms with E-state index in [1.165, 1.54) is 0 Å². The van der Waals surface area contributed by atoms with Gasteiger partial charge in [0, 0.05) is 18.2 Å². The zero-order valence-electron chi connectivity index (χ0n) is 11.4. The predicted molar refractivity (Wildman–Crippen MR) is 73.8 cm³/mol. The maximum absolute atomic E-state index is 12.1. The lowest BCUT2D eigenvalue weighted by atomic mass is 9.82. The quantitative estimate of drug-likeness (QED) is 0.789. The molecule has 1 aromatic rings. The standard InChI is InChI=1S/C14H20O3S/c1-14(2,3)12-8-6-5-7-11(12)13(15)9-10-18(4,16)17/h5-8H,9-10H2,1-4H3. The van der Waals surface area contributed by atoms with E-state index in [0.717, 1.165) is 11.8 Å². The number of benzene rings is 1. The van der Waals surface area contributed by atoms with Gasteiger partial charge >= 0.3 is 0 Å². The molecule has 0 amide bonds. The van der Waals surface area contributed by atoms with Gasteiger partial charge < -0.3 is 0 Å². The van der Waals surface area contributed by atoms with Crippen LogP contribution < -0.4 is 0 Å². The maximum atomic E-state index is 12.1. The van der Waals surface area contributed by atoms with E-state index in [0.29, 0.717) is 5.56 Å². The van der Waals surface area contributed by atoms with E-state index in [1.807, 2.05) is 39.0 Å². The summed E-state index contributed by atoms with van der Waals surface area (Å²) in [4.78, 5) is 12.1. The van der Waals surface area contributed by atoms with Crippen LogP contribution in [0.2, 0.25) is 0 Å². The number of Topliss-reactive ketones (excluding diaryl/α,β-unsaturated/α-hetero) is 1. The minimum Gasteiger partial charge on any atom is -0.294 e. The second-order valence-electron chi connectivity index (χ2n) is 5.60. The van der Waals surface area contributed by atoms with Gasteiger partial charge in [-0.05, 0) is 11.0 Å². The molecule has 18 heavy (non-hydrogen) atoms. The first kappa shape index (κ1) is 14.9. The van der Waals surface area contributed by atoms with Crippen molar-refractivity contribution in [2.75, 3.05) is 12.0 Å². The Kier molecular flexibility index (Phi) is 4.32. The molecule has 0 fully saturated rings. The van der Waals surface area contributed by atoms with Gasteiger partial charge in [-0.2, -0.15) is 0 Å². The molecule has 0 atom stereocenters. The molecule has 0 radical (unpaired) electrons. The number of hydrogen-bond donors (Lipinski definition) is 0. The normalized spacial score (nSPS) is 12.4. The van der Waals surface area contributed by atoms with Crippen molar-refractivity contribution >= 4 is 15.6 Å². The third-order valence-corrected chi connectivity index (χ3v) is 3.68. The molecule has 0 N–H and O–H groups in total. The second-order valence-corrected chi connectivity index (χ2v) is 7.86. The zero-order chi connectivity index (χ0) is 14.0. The van der Waals surface area contributed by atoms with Crippen LogP contribution in [0.4, 0.5) is 0 Å². The van der Waals surface area contributed by atoms with Gasteiger partial charge in [-0.3, -0.25) is 4.79 Å². The SMILES string of the molecule is CC(C)(C)c1ccccc1C(=O)CCS(C)(=O)=O. The summed E-state index contributed by atoms with van der Waals surface area (Å²) in [6.45, 7) is 6.11. The lowest BCUT2D eigenvalue weighted by Crippen LogP contribution is -2.18. The Bertz CT molecular complexity index is 536. The Morgan fingerprint density at radius 3 is 2.22 bits per heavy atom. The van der Waals surface area contributed by atoms with E-state index in [-0.39, 0.29) is 23.4 Å². The van der Waals surface area contributed by atoms with Crippen molar-refractivity contribution in [3.05, 3.63) is 35.4 Å². The fraction of sp³-hybridized carbons (Fsp3) is 0.500. The summed E-state index contributed by atoms with van der Waals surface area (Å²) in [5, 5.41) is 0.